The lowest BCUT2D eigenvalue weighted by atomic mass is 9.85. The maximum absolute atomic E-state index is 8.92. The van der Waals surface area contributed by atoms with E-state index in [-0.39, 0.29) is 19.7 Å². The minimum absolute atomic E-state index is 0.0136. The second-order valence-corrected chi connectivity index (χ2v) is 6.18. The summed E-state index contributed by atoms with van der Waals surface area (Å²) in [7, 11) is 0. The van der Waals surface area contributed by atoms with Crippen molar-refractivity contribution in [1.29, 1.82) is 0 Å². The molecule has 0 radical (unpaired) electrons. The molecule has 4 N–H and O–H groups in total. The van der Waals surface area contributed by atoms with Crippen molar-refractivity contribution in [1.82, 2.24) is 14.4 Å². The van der Waals surface area contributed by atoms with Gasteiger partial charge >= 0.3 is 0 Å². The highest BCUT2D eigenvalue weighted by Crippen LogP contribution is 2.39. The Kier molecular flexibility index (Phi) is 5.87. The Hall–Kier alpha value is -3.13. The fourth-order valence-electron chi connectivity index (χ4n) is 3.14. The molecule has 1 saturated carbocycles. The third kappa shape index (κ3) is 3.85. The summed E-state index contributed by atoms with van der Waals surface area (Å²) in [5, 5.41) is 15.8. The van der Waals surface area contributed by atoms with Crippen molar-refractivity contribution >= 4 is 17.8 Å². The van der Waals surface area contributed by atoms with Gasteiger partial charge in [0.15, 0.2) is 0 Å². The lowest BCUT2D eigenvalue weighted by molar-refractivity contribution is -0.122. The van der Waals surface area contributed by atoms with Crippen LogP contribution in [0.25, 0.3) is 16.8 Å². The topological polar surface area (TPSA) is 123 Å². The van der Waals surface area contributed by atoms with Crippen molar-refractivity contribution < 1.29 is 19.7 Å². The van der Waals surface area contributed by atoms with Gasteiger partial charge in [-0.15, -0.1) is 0 Å². The second-order valence-electron chi connectivity index (χ2n) is 6.18. The summed E-state index contributed by atoms with van der Waals surface area (Å²) >= 11 is 0. The van der Waals surface area contributed by atoms with Crippen LogP contribution in [0.15, 0.2) is 36.7 Å². The third-order valence-electron chi connectivity index (χ3n) is 4.55. The molecule has 1 aliphatic carbocycles. The van der Waals surface area contributed by atoms with Crippen LogP contribution in [0.5, 0.6) is 5.75 Å². The van der Waals surface area contributed by atoms with Crippen LogP contribution in [0, 0.1) is 0 Å². The number of anilines is 1. The van der Waals surface area contributed by atoms with E-state index in [1.54, 1.807) is 6.20 Å². The maximum Gasteiger partial charge on any atom is 0.290 e. The molecule has 8 nitrogen and oxygen atoms in total. The number of fused-ring (bicyclic) bond motifs is 1. The molecule has 0 atom stereocenters. The first-order valence-corrected chi connectivity index (χ1v) is 8.74. The Morgan fingerprint density at radius 2 is 2.15 bits per heavy atom. The van der Waals surface area contributed by atoms with E-state index in [4.69, 9.17) is 30.5 Å². The van der Waals surface area contributed by atoms with Crippen molar-refractivity contribution in [3.63, 3.8) is 0 Å². The van der Waals surface area contributed by atoms with Crippen LogP contribution in [0.4, 0.5) is 5.82 Å². The molecule has 27 heavy (non-hydrogen) atoms. The van der Waals surface area contributed by atoms with Crippen molar-refractivity contribution in [2.45, 2.75) is 25.2 Å². The molecule has 3 aromatic rings. The Morgan fingerprint density at radius 1 is 1.37 bits per heavy atom. The number of rotatable bonds is 5. The second kappa shape index (κ2) is 8.50. The average Bonchev–Trinajstić information content (AvgIpc) is 3.00. The number of aliphatic hydroxyl groups is 1. The fourth-order valence-corrected chi connectivity index (χ4v) is 3.14. The molecular formula is C19H22N4O4. The number of imidazole rings is 1. The summed E-state index contributed by atoms with van der Waals surface area (Å²) in [6, 6.07) is 7.70. The Bertz CT molecular complexity index is 921. The summed E-state index contributed by atoms with van der Waals surface area (Å²) in [6.07, 6.45) is 7.24. The highest BCUT2D eigenvalue weighted by atomic mass is 16.5. The summed E-state index contributed by atoms with van der Waals surface area (Å²) in [4.78, 5) is 17.5. The molecule has 4 rings (SSSR count). The maximum atomic E-state index is 8.92. The third-order valence-corrected chi connectivity index (χ3v) is 4.55. The monoisotopic (exact) mass is 370 g/mol. The summed E-state index contributed by atoms with van der Waals surface area (Å²) < 4.78 is 7.59. The zero-order valence-electron chi connectivity index (χ0n) is 14.8. The lowest BCUT2D eigenvalue weighted by Crippen LogP contribution is -2.12. The number of nitrogens with zero attached hydrogens (tertiary/aromatic N) is 3. The van der Waals surface area contributed by atoms with Gasteiger partial charge in [-0.25, -0.2) is 9.97 Å². The number of benzene rings is 1. The van der Waals surface area contributed by atoms with Crippen LogP contribution < -0.4 is 10.5 Å². The van der Waals surface area contributed by atoms with Gasteiger partial charge < -0.3 is 20.7 Å². The molecule has 1 aromatic carbocycles. The van der Waals surface area contributed by atoms with Crippen LogP contribution in [0.3, 0.4) is 0 Å². The number of aromatic nitrogens is 3. The molecule has 0 unspecified atom stereocenters. The molecule has 0 bridgehead atoms. The predicted molar refractivity (Wildman–Crippen MR) is 101 cm³/mol. The summed E-state index contributed by atoms with van der Waals surface area (Å²) in [5.74, 6) is 2.73. The van der Waals surface area contributed by atoms with Crippen molar-refractivity contribution in [3.8, 4) is 17.0 Å². The number of carboxylic acid groups (broad SMARTS) is 1. The van der Waals surface area contributed by atoms with E-state index in [1.165, 1.54) is 19.3 Å². The number of hydrogen-bond acceptors (Lipinski definition) is 6. The minimum Gasteiger partial charge on any atom is -0.491 e. The van der Waals surface area contributed by atoms with Gasteiger partial charge in [-0.05, 0) is 25.0 Å². The average molecular weight is 370 g/mol. The highest BCUT2D eigenvalue weighted by molar-refractivity contribution is 5.85. The standard InChI is InChI=1S/C18H20N4O2.CH2O2/c19-17-16-15(13-5-2-6-14(11-13)24-10-9-23)21-18(12-3-1-4-12)22(16)8-7-20-17;2-1-3/h2,5-8,11-12,23H,1,3-4,9-10H2,(H2,19,20);1H,(H,2,3). The molecule has 2 heterocycles. The lowest BCUT2D eigenvalue weighted by Gasteiger charge is -2.23. The Morgan fingerprint density at radius 3 is 2.81 bits per heavy atom. The van der Waals surface area contributed by atoms with Gasteiger partial charge in [-0.1, -0.05) is 18.6 Å². The van der Waals surface area contributed by atoms with Crippen molar-refractivity contribution in [2.24, 2.45) is 0 Å². The first-order valence-electron chi connectivity index (χ1n) is 8.74. The summed E-state index contributed by atoms with van der Waals surface area (Å²) in [6.45, 7) is 0.00471. The molecule has 2 aromatic heterocycles. The van der Waals surface area contributed by atoms with Gasteiger partial charge in [0.2, 0.25) is 0 Å². The van der Waals surface area contributed by atoms with Crippen LogP contribution >= 0.6 is 0 Å². The normalized spacial score (nSPS) is 13.5. The Labute approximate surface area is 156 Å². The molecule has 0 saturated heterocycles. The molecule has 1 fully saturated rings. The number of ether oxygens (including phenoxy) is 1. The Balaban J connectivity index is 0.000000659. The fraction of sp³-hybridized carbons (Fsp3) is 0.316. The molecule has 0 amide bonds. The first kappa shape index (κ1) is 18.7. The van der Waals surface area contributed by atoms with E-state index in [0.29, 0.717) is 17.5 Å². The number of nitrogens with two attached hydrogens (primary N) is 1. The van der Waals surface area contributed by atoms with Gasteiger partial charge in [-0.3, -0.25) is 9.20 Å². The molecule has 1 aliphatic rings. The quantitative estimate of drug-likeness (QED) is 0.589. The van der Waals surface area contributed by atoms with Crippen LogP contribution in [-0.2, 0) is 4.79 Å². The van der Waals surface area contributed by atoms with Crippen molar-refractivity contribution in [2.75, 3.05) is 18.9 Å². The van der Waals surface area contributed by atoms with E-state index >= 15 is 0 Å². The largest absolute Gasteiger partial charge is 0.491 e. The van der Waals surface area contributed by atoms with Crippen LogP contribution in [-0.4, -0.2) is 44.3 Å². The smallest absolute Gasteiger partial charge is 0.290 e. The molecule has 0 aliphatic heterocycles. The van der Waals surface area contributed by atoms with Gasteiger partial charge in [-0.2, -0.15) is 0 Å². The number of hydrogen-bond donors (Lipinski definition) is 3. The van der Waals surface area contributed by atoms with E-state index in [9.17, 15) is 0 Å². The van der Waals surface area contributed by atoms with Gasteiger partial charge in [0.1, 0.15) is 35.2 Å². The summed E-state index contributed by atoms with van der Waals surface area (Å²) in [5.41, 5.74) is 8.76. The van der Waals surface area contributed by atoms with Gasteiger partial charge in [0, 0.05) is 23.9 Å². The zero-order valence-corrected chi connectivity index (χ0v) is 14.8. The number of aliphatic hydroxyl groups excluding tert-OH is 1. The SMILES string of the molecule is Nc1nccn2c(C3CCC3)nc(-c3cccc(OCCO)c3)c12.O=CO. The number of nitrogen functional groups attached to an aromatic ring is 1. The van der Waals surface area contributed by atoms with E-state index in [0.717, 1.165) is 22.6 Å². The zero-order chi connectivity index (χ0) is 19.2. The van der Waals surface area contributed by atoms with Gasteiger partial charge in [0.25, 0.3) is 6.47 Å². The van der Waals surface area contributed by atoms with E-state index in [2.05, 4.69) is 9.38 Å². The molecule has 8 heteroatoms. The van der Waals surface area contributed by atoms with Crippen molar-refractivity contribution in [3.05, 3.63) is 42.5 Å². The van der Waals surface area contributed by atoms with Crippen LogP contribution in [0.2, 0.25) is 0 Å². The van der Waals surface area contributed by atoms with Gasteiger partial charge in [0.05, 0.1) is 6.61 Å². The first-order chi connectivity index (χ1) is 13.2. The van der Waals surface area contributed by atoms with Crippen LogP contribution in [0.1, 0.15) is 31.0 Å². The minimum atomic E-state index is -0.250. The predicted octanol–water partition coefficient (Wildman–Crippen LogP) is 2.32. The number of carbonyl (C=O) groups is 1. The highest BCUT2D eigenvalue weighted by Gasteiger charge is 2.26. The van der Waals surface area contributed by atoms with E-state index in [1.807, 2.05) is 30.5 Å². The molecular weight excluding hydrogens is 348 g/mol. The van der Waals surface area contributed by atoms with E-state index < -0.39 is 0 Å². The molecule has 142 valence electrons. The molecule has 0 spiro atoms.